The molecular formula is C42H40O2. The van der Waals surface area contributed by atoms with E-state index in [1.54, 1.807) is 0 Å². The predicted molar refractivity (Wildman–Crippen MR) is 185 cm³/mol. The molecule has 1 atom stereocenters. The Labute approximate surface area is 263 Å². The highest BCUT2D eigenvalue weighted by Crippen LogP contribution is 2.56. The molecule has 0 aromatic heterocycles. The first kappa shape index (κ1) is 30.5. The third kappa shape index (κ3) is 6.34. The maximum Gasteiger partial charge on any atom is 0.119 e. The van der Waals surface area contributed by atoms with E-state index in [2.05, 4.69) is 134 Å². The molecule has 0 aliphatic heterocycles. The van der Waals surface area contributed by atoms with E-state index in [9.17, 15) is 0 Å². The van der Waals surface area contributed by atoms with E-state index in [0.29, 0.717) is 26.1 Å². The van der Waals surface area contributed by atoms with Crippen molar-refractivity contribution >= 4 is 11.6 Å². The van der Waals surface area contributed by atoms with Gasteiger partial charge in [0, 0.05) is 12.0 Å². The van der Waals surface area contributed by atoms with Gasteiger partial charge in [0.2, 0.25) is 0 Å². The fourth-order valence-electron chi connectivity index (χ4n) is 6.25. The maximum absolute atomic E-state index is 6.04. The van der Waals surface area contributed by atoms with E-state index in [0.717, 1.165) is 34.6 Å². The Hall–Kier alpha value is -5.00. The fourth-order valence-corrected chi connectivity index (χ4v) is 6.25. The maximum atomic E-state index is 6.04. The Balaban J connectivity index is 1.91. The molecule has 0 bridgehead atoms. The van der Waals surface area contributed by atoms with E-state index in [1.165, 1.54) is 27.8 Å². The summed E-state index contributed by atoms with van der Waals surface area (Å²) in [6.07, 6.45) is 8.20. The monoisotopic (exact) mass is 576 g/mol. The molecule has 1 unspecified atom stereocenters. The zero-order chi connectivity index (χ0) is 30.8. The van der Waals surface area contributed by atoms with Crippen molar-refractivity contribution in [3.05, 3.63) is 167 Å². The van der Waals surface area contributed by atoms with Gasteiger partial charge < -0.3 is 9.47 Å². The molecule has 5 rings (SSSR count). The van der Waals surface area contributed by atoms with E-state index in [1.807, 2.05) is 26.0 Å². The van der Waals surface area contributed by atoms with Crippen molar-refractivity contribution in [2.45, 2.75) is 38.5 Å². The zero-order valence-electron chi connectivity index (χ0n) is 25.8. The van der Waals surface area contributed by atoms with E-state index < -0.39 is 5.41 Å². The number of fused-ring (bicyclic) bond motifs is 1. The van der Waals surface area contributed by atoms with Gasteiger partial charge in [0.05, 0.1) is 18.6 Å². The molecule has 2 nitrogen and oxygen atoms in total. The quantitative estimate of drug-likeness (QED) is 0.123. The molecule has 220 valence electrons. The Morgan fingerprint density at radius 3 is 2.09 bits per heavy atom. The fraction of sp³-hybridized carbons (Fsp3) is 0.190. The standard InChI is InChI=1S/C42H40O2/c1-5-9-12-22-38-39-30-37(44-8-4)27-28-40(39)42(31-33-20-15-11-16-21-33,35-23-25-36(26-24-35)43-7-3)41(38)34(17-6-2)29-32-18-13-10-14-19-32/h5-6,10-11,13-16,18-21,23-30H,1-2,7-9,17,31H2,3-4H3/b34-29+. The van der Waals surface area contributed by atoms with E-state index in [-0.39, 0.29) is 0 Å². The first-order valence-electron chi connectivity index (χ1n) is 15.4. The largest absolute Gasteiger partial charge is 0.494 e. The van der Waals surface area contributed by atoms with Crippen molar-refractivity contribution in [1.82, 2.24) is 0 Å². The summed E-state index contributed by atoms with van der Waals surface area (Å²) in [7, 11) is 0. The molecule has 0 fully saturated rings. The lowest BCUT2D eigenvalue weighted by Gasteiger charge is -2.36. The minimum Gasteiger partial charge on any atom is -0.494 e. The van der Waals surface area contributed by atoms with Crippen molar-refractivity contribution in [3.63, 3.8) is 0 Å². The van der Waals surface area contributed by atoms with Crippen LogP contribution in [0.15, 0.2) is 140 Å². The number of allylic oxidation sites excluding steroid dienone is 5. The number of benzene rings is 4. The van der Waals surface area contributed by atoms with Crippen LogP contribution in [-0.2, 0) is 11.8 Å². The van der Waals surface area contributed by atoms with Crippen LogP contribution < -0.4 is 9.47 Å². The Bertz CT molecular complexity index is 1710. The van der Waals surface area contributed by atoms with Gasteiger partial charge in [0.1, 0.15) is 11.5 Å². The third-order valence-corrected chi connectivity index (χ3v) is 7.96. The summed E-state index contributed by atoms with van der Waals surface area (Å²) in [6, 6.07) is 36.4. The molecular weight excluding hydrogens is 536 g/mol. The molecule has 0 heterocycles. The summed E-state index contributed by atoms with van der Waals surface area (Å²) in [4.78, 5) is 0. The van der Waals surface area contributed by atoms with Crippen LogP contribution in [0.3, 0.4) is 0 Å². The van der Waals surface area contributed by atoms with Crippen molar-refractivity contribution < 1.29 is 9.47 Å². The molecule has 44 heavy (non-hydrogen) atoms. The molecule has 0 N–H and O–H groups in total. The van der Waals surface area contributed by atoms with Crippen molar-refractivity contribution in [2.75, 3.05) is 13.2 Å². The van der Waals surface area contributed by atoms with Crippen LogP contribution >= 0.6 is 0 Å². The number of rotatable bonds is 12. The number of hydrogen-bond acceptors (Lipinski definition) is 2. The molecule has 0 amide bonds. The van der Waals surface area contributed by atoms with Crippen LogP contribution in [0.25, 0.3) is 11.6 Å². The van der Waals surface area contributed by atoms with Crippen LogP contribution in [0.4, 0.5) is 0 Å². The highest BCUT2D eigenvalue weighted by molar-refractivity contribution is 5.95. The molecule has 0 radical (unpaired) electrons. The average Bonchev–Trinajstić information content (AvgIpc) is 3.31. The van der Waals surface area contributed by atoms with Crippen LogP contribution in [0.5, 0.6) is 11.5 Å². The normalized spacial score (nSPS) is 15.6. The summed E-state index contributed by atoms with van der Waals surface area (Å²) >= 11 is 0. The minimum absolute atomic E-state index is 0.534. The molecule has 4 aromatic carbocycles. The SMILES string of the molecule is C=CCC#CC1=C(/C(=C/c2ccccc2)CC=C)C(Cc2ccccc2)(c2ccc(OCC)cc2)c2ccc(OCC)cc21. The Kier molecular flexibility index (Phi) is 10.0. The van der Waals surface area contributed by atoms with Crippen molar-refractivity contribution in [3.8, 4) is 23.3 Å². The van der Waals surface area contributed by atoms with Gasteiger partial charge >= 0.3 is 0 Å². The van der Waals surface area contributed by atoms with Gasteiger partial charge in [-0.1, -0.05) is 109 Å². The first-order valence-corrected chi connectivity index (χ1v) is 15.4. The van der Waals surface area contributed by atoms with E-state index >= 15 is 0 Å². The summed E-state index contributed by atoms with van der Waals surface area (Å²) < 4.78 is 11.9. The highest BCUT2D eigenvalue weighted by Gasteiger charge is 2.47. The van der Waals surface area contributed by atoms with Gasteiger partial charge in [0.25, 0.3) is 0 Å². The molecule has 4 aromatic rings. The Morgan fingerprint density at radius 2 is 1.43 bits per heavy atom. The van der Waals surface area contributed by atoms with E-state index in [4.69, 9.17) is 9.47 Å². The molecule has 0 saturated heterocycles. The minimum atomic E-state index is -0.534. The van der Waals surface area contributed by atoms with Crippen LogP contribution in [0.1, 0.15) is 54.5 Å². The summed E-state index contributed by atoms with van der Waals surface area (Å²) in [5, 5.41) is 0. The molecule has 1 aliphatic carbocycles. The Morgan fingerprint density at radius 1 is 0.773 bits per heavy atom. The second kappa shape index (κ2) is 14.5. The van der Waals surface area contributed by atoms with Crippen molar-refractivity contribution in [2.24, 2.45) is 0 Å². The van der Waals surface area contributed by atoms with Gasteiger partial charge in [-0.05, 0) is 89.9 Å². The molecule has 2 heteroatoms. The molecule has 0 saturated carbocycles. The number of ether oxygens (including phenoxy) is 2. The average molecular weight is 577 g/mol. The van der Waals surface area contributed by atoms with Gasteiger partial charge in [0.15, 0.2) is 0 Å². The van der Waals surface area contributed by atoms with Crippen LogP contribution in [0.2, 0.25) is 0 Å². The smallest absolute Gasteiger partial charge is 0.119 e. The number of hydrogen-bond donors (Lipinski definition) is 0. The summed E-state index contributed by atoms with van der Waals surface area (Å²) in [6.45, 7) is 13.4. The van der Waals surface area contributed by atoms with Gasteiger partial charge in [-0.2, -0.15) is 0 Å². The third-order valence-electron chi connectivity index (χ3n) is 7.96. The first-order chi connectivity index (χ1) is 21.6. The van der Waals surface area contributed by atoms with Crippen LogP contribution in [0, 0.1) is 11.8 Å². The van der Waals surface area contributed by atoms with Gasteiger partial charge in [-0.25, -0.2) is 0 Å². The second-order valence-corrected chi connectivity index (χ2v) is 10.8. The van der Waals surface area contributed by atoms with Crippen molar-refractivity contribution in [1.29, 1.82) is 0 Å². The predicted octanol–water partition coefficient (Wildman–Crippen LogP) is 10.0. The summed E-state index contributed by atoms with van der Waals surface area (Å²) in [5.41, 5.74) is 8.78. The highest BCUT2D eigenvalue weighted by atomic mass is 16.5. The topological polar surface area (TPSA) is 18.5 Å². The van der Waals surface area contributed by atoms with Gasteiger partial charge in [-0.3, -0.25) is 0 Å². The zero-order valence-corrected chi connectivity index (χ0v) is 25.8. The second-order valence-electron chi connectivity index (χ2n) is 10.8. The lowest BCUT2D eigenvalue weighted by Crippen LogP contribution is -2.32. The van der Waals surface area contributed by atoms with Crippen LogP contribution in [-0.4, -0.2) is 13.2 Å². The van der Waals surface area contributed by atoms with Gasteiger partial charge in [-0.15, -0.1) is 13.2 Å². The lowest BCUT2D eigenvalue weighted by molar-refractivity contribution is 0.340. The molecule has 0 spiro atoms. The summed E-state index contributed by atoms with van der Waals surface area (Å²) in [5.74, 6) is 8.73. The lowest BCUT2D eigenvalue weighted by atomic mass is 9.65. The molecule has 1 aliphatic rings.